The number of nitrogens with zero attached hydrogens (tertiary/aromatic N) is 4. The van der Waals surface area contributed by atoms with Crippen molar-refractivity contribution in [2.45, 2.75) is 0 Å². The number of fused-ring (bicyclic) bond motifs is 1. The van der Waals surface area contributed by atoms with E-state index in [1.807, 2.05) is 6.07 Å². The number of benzene rings is 2. The van der Waals surface area contributed by atoms with E-state index >= 15 is 0 Å². The Morgan fingerprint density at radius 1 is 1.21 bits per heavy atom. The van der Waals surface area contributed by atoms with Crippen LogP contribution < -0.4 is 10.3 Å². The molecule has 4 rings (SSSR count). The molecule has 0 amide bonds. The average molecular weight is 451 g/mol. The molecule has 0 aliphatic rings. The van der Waals surface area contributed by atoms with Crippen molar-refractivity contribution in [1.82, 2.24) is 14.5 Å². The molecule has 4 aromatic rings. The van der Waals surface area contributed by atoms with E-state index in [9.17, 15) is 14.4 Å². The van der Waals surface area contributed by atoms with Crippen molar-refractivity contribution < 1.29 is 9.13 Å². The van der Waals surface area contributed by atoms with Gasteiger partial charge in [-0.3, -0.25) is 14.3 Å². The zero-order valence-electron chi connectivity index (χ0n) is 15.1. The molecule has 8 heteroatoms. The van der Waals surface area contributed by atoms with E-state index in [0.29, 0.717) is 21.2 Å². The molecule has 2 heterocycles. The van der Waals surface area contributed by atoms with Gasteiger partial charge in [-0.25, -0.2) is 9.37 Å². The largest absolute Gasteiger partial charge is 0.494 e. The molecule has 0 atom stereocenters. The second-order valence-electron chi connectivity index (χ2n) is 6.08. The first-order valence-electron chi connectivity index (χ1n) is 8.45. The Morgan fingerprint density at radius 2 is 2.03 bits per heavy atom. The number of methoxy groups -OCH3 is 1. The molecule has 2 aromatic carbocycles. The van der Waals surface area contributed by atoms with Crippen LogP contribution in [0.3, 0.4) is 0 Å². The third-order valence-corrected chi connectivity index (χ3v) is 4.95. The molecular weight excluding hydrogens is 439 g/mol. The van der Waals surface area contributed by atoms with E-state index in [0.717, 1.165) is 0 Å². The lowest BCUT2D eigenvalue weighted by Crippen LogP contribution is -2.22. The number of rotatable bonds is 3. The molecule has 0 aliphatic heterocycles. The maximum absolute atomic E-state index is 14.4. The summed E-state index contributed by atoms with van der Waals surface area (Å²) in [6.07, 6.45) is 1.58. The standard InChI is InChI=1S/C21H12BrFN4O2/c1-29-18-6-5-13(10-16(18)23)27-20(17-4-2-3-7-25-17)26-19-14(21(27)28)8-12(11-24)9-15(19)22/h2-10H,1H3. The fourth-order valence-electron chi connectivity index (χ4n) is 3.01. The maximum Gasteiger partial charge on any atom is 0.266 e. The molecule has 0 radical (unpaired) electrons. The molecule has 29 heavy (non-hydrogen) atoms. The van der Waals surface area contributed by atoms with Gasteiger partial charge in [-0.05, 0) is 52.3 Å². The molecular formula is C21H12BrFN4O2. The van der Waals surface area contributed by atoms with E-state index in [1.54, 1.807) is 36.5 Å². The van der Waals surface area contributed by atoms with Crippen LogP contribution in [0, 0.1) is 17.1 Å². The lowest BCUT2D eigenvalue weighted by Gasteiger charge is -2.15. The van der Waals surface area contributed by atoms with Crippen molar-refractivity contribution in [3.63, 3.8) is 0 Å². The van der Waals surface area contributed by atoms with Gasteiger partial charge in [-0.2, -0.15) is 5.26 Å². The van der Waals surface area contributed by atoms with Crippen LogP contribution in [-0.4, -0.2) is 21.6 Å². The third kappa shape index (κ3) is 3.26. The highest BCUT2D eigenvalue weighted by atomic mass is 79.9. The molecule has 0 spiro atoms. The first kappa shape index (κ1) is 18.8. The molecule has 0 saturated heterocycles. The predicted octanol–water partition coefficient (Wildman–Crippen LogP) is 4.23. The van der Waals surface area contributed by atoms with Crippen LogP contribution in [0.25, 0.3) is 28.1 Å². The number of aromatic nitrogens is 3. The Hall–Kier alpha value is -3.57. The smallest absolute Gasteiger partial charge is 0.266 e. The lowest BCUT2D eigenvalue weighted by atomic mass is 10.1. The number of ether oxygens (including phenoxy) is 1. The van der Waals surface area contributed by atoms with Gasteiger partial charge in [0.2, 0.25) is 0 Å². The first-order chi connectivity index (χ1) is 14.0. The summed E-state index contributed by atoms with van der Waals surface area (Å²) in [5, 5.41) is 9.48. The van der Waals surface area contributed by atoms with Gasteiger partial charge in [0.1, 0.15) is 5.69 Å². The molecule has 0 fully saturated rings. The number of hydrogen-bond donors (Lipinski definition) is 0. The molecule has 142 valence electrons. The van der Waals surface area contributed by atoms with Gasteiger partial charge in [0.15, 0.2) is 17.4 Å². The van der Waals surface area contributed by atoms with Crippen LogP contribution >= 0.6 is 15.9 Å². The van der Waals surface area contributed by atoms with E-state index in [4.69, 9.17) is 4.74 Å². The summed E-state index contributed by atoms with van der Waals surface area (Å²) in [7, 11) is 1.36. The van der Waals surface area contributed by atoms with E-state index in [-0.39, 0.29) is 22.6 Å². The predicted molar refractivity (Wildman–Crippen MR) is 109 cm³/mol. The van der Waals surface area contributed by atoms with Crippen LogP contribution in [0.2, 0.25) is 0 Å². The Bertz CT molecular complexity index is 1350. The van der Waals surface area contributed by atoms with Crippen LogP contribution in [0.4, 0.5) is 4.39 Å². The van der Waals surface area contributed by atoms with Gasteiger partial charge in [-0.1, -0.05) is 6.07 Å². The molecule has 2 aromatic heterocycles. The first-order valence-corrected chi connectivity index (χ1v) is 9.24. The van der Waals surface area contributed by atoms with Gasteiger partial charge in [0.25, 0.3) is 5.56 Å². The molecule has 0 bridgehead atoms. The Balaban J connectivity index is 2.13. The summed E-state index contributed by atoms with van der Waals surface area (Å²) in [5.74, 6) is -0.307. The van der Waals surface area contributed by atoms with Crippen LogP contribution in [0.15, 0.2) is 64.0 Å². The second kappa shape index (κ2) is 7.45. The Morgan fingerprint density at radius 3 is 2.69 bits per heavy atom. The zero-order valence-corrected chi connectivity index (χ0v) is 16.6. The lowest BCUT2D eigenvalue weighted by molar-refractivity contribution is 0.386. The van der Waals surface area contributed by atoms with Crippen molar-refractivity contribution in [2.75, 3.05) is 7.11 Å². The summed E-state index contributed by atoms with van der Waals surface area (Å²) in [4.78, 5) is 22.3. The number of halogens is 2. The van der Waals surface area contributed by atoms with Crippen molar-refractivity contribution in [2.24, 2.45) is 0 Å². The third-order valence-electron chi connectivity index (χ3n) is 4.34. The van der Waals surface area contributed by atoms with E-state index < -0.39 is 11.4 Å². The number of pyridine rings is 1. The minimum absolute atomic E-state index is 0.0597. The monoisotopic (exact) mass is 450 g/mol. The van der Waals surface area contributed by atoms with Crippen molar-refractivity contribution >= 4 is 26.8 Å². The Labute approximate surface area is 173 Å². The van der Waals surface area contributed by atoms with Gasteiger partial charge in [0.05, 0.1) is 35.3 Å². The molecule has 6 nitrogen and oxygen atoms in total. The fourth-order valence-corrected chi connectivity index (χ4v) is 3.56. The van der Waals surface area contributed by atoms with Crippen LogP contribution in [0.1, 0.15) is 5.56 Å². The van der Waals surface area contributed by atoms with Gasteiger partial charge in [-0.15, -0.1) is 0 Å². The van der Waals surface area contributed by atoms with Gasteiger partial charge >= 0.3 is 0 Å². The summed E-state index contributed by atoms with van der Waals surface area (Å²) < 4.78 is 21.1. The van der Waals surface area contributed by atoms with Gasteiger partial charge < -0.3 is 4.74 Å². The summed E-state index contributed by atoms with van der Waals surface area (Å²) >= 11 is 3.38. The molecule has 0 aliphatic carbocycles. The van der Waals surface area contributed by atoms with E-state index in [2.05, 4.69) is 25.9 Å². The Kier molecular flexibility index (Phi) is 4.82. The van der Waals surface area contributed by atoms with Crippen LogP contribution in [-0.2, 0) is 0 Å². The topological polar surface area (TPSA) is 80.8 Å². The zero-order chi connectivity index (χ0) is 20.5. The minimum Gasteiger partial charge on any atom is -0.494 e. The van der Waals surface area contributed by atoms with Crippen molar-refractivity contribution in [3.05, 3.63) is 80.9 Å². The SMILES string of the molecule is COc1ccc(-n2c(-c3ccccn3)nc3c(Br)cc(C#N)cc3c2=O)cc1F. The maximum atomic E-state index is 14.4. The summed E-state index contributed by atoms with van der Waals surface area (Å²) in [6, 6.07) is 14.5. The molecule has 0 saturated carbocycles. The fraction of sp³-hybridized carbons (Fsp3) is 0.0476. The number of hydrogen-bond acceptors (Lipinski definition) is 5. The number of nitriles is 1. The van der Waals surface area contributed by atoms with Gasteiger partial charge in [0, 0.05) is 16.7 Å². The quantitative estimate of drug-likeness (QED) is 0.466. The highest BCUT2D eigenvalue weighted by Crippen LogP contribution is 2.27. The average Bonchev–Trinajstić information content (AvgIpc) is 2.74. The van der Waals surface area contributed by atoms with Crippen molar-refractivity contribution in [3.8, 4) is 29.0 Å². The van der Waals surface area contributed by atoms with E-state index in [1.165, 1.54) is 29.9 Å². The molecule has 0 N–H and O–H groups in total. The van der Waals surface area contributed by atoms with Crippen molar-refractivity contribution in [1.29, 1.82) is 5.26 Å². The highest BCUT2D eigenvalue weighted by Gasteiger charge is 2.18. The normalized spacial score (nSPS) is 10.7. The summed E-state index contributed by atoms with van der Waals surface area (Å²) in [5.41, 5.74) is 0.958. The minimum atomic E-state index is -0.615. The second-order valence-corrected chi connectivity index (χ2v) is 6.93. The summed E-state index contributed by atoms with van der Waals surface area (Å²) in [6.45, 7) is 0. The van der Waals surface area contributed by atoms with Crippen LogP contribution in [0.5, 0.6) is 5.75 Å². The molecule has 0 unspecified atom stereocenters. The highest BCUT2D eigenvalue weighted by molar-refractivity contribution is 9.10.